The Morgan fingerprint density at radius 2 is 2.22 bits per heavy atom. The third kappa shape index (κ3) is 3.82. The first-order valence-electron chi connectivity index (χ1n) is 2.87. The van der Waals surface area contributed by atoms with Gasteiger partial charge < -0.3 is 5.11 Å². The molecule has 0 spiro atoms. The quantitative estimate of drug-likeness (QED) is 0.348. The molecule has 1 unspecified atom stereocenters. The van der Waals surface area contributed by atoms with Crippen LogP contribution in [0.1, 0.15) is 13.8 Å². The summed E-state index contributed by atoms with van der Waals surface area (Å²) in [5, 5.41) is 12.2. The maximum Gasteiger partial charge on any atom is 0.0619 e. The summed E-state index contributed by atoms with van der Waals surface area (Å²) in [6, 6.07) is 0. The van der Waals surface area contributed by atoms with E-state index in [0.29, 0.717) is 0 Å². The van der Waals surface area contributed by atoms with Crippen molar-refractivity contribution in [2.45, 2.75) is 20.0 Å². The van der Waals surface area contributed by atoms with Gasteiger partial charge in [0.2, 0.25) is 0 Å². The zero-order chi connectivity index (χ0) is 7.28. The molecular formula is C5H11N3O. The number of aliphatic hydroxyl groups is 1. The van der Waals surface area contributed by atoms with Gasteiger partial charge in [-0.15, -0.1) is 0 Å². The molecule has 9 heavy (non-hydrogen) atoms. The molecule has 0 fully saturated rings. The molecule has 1 atom stereocenters. The third-order valence-corrected chi connectivity index (χ3v) is 1.10. The third-order valence-electron chi connectivity index (χ3n) is 1.10. The Morgan fingerprint density at radius 1 is 1.67 bits per heavy atom. The Bertz CT molecular complexity index is 117. The highest BCUT2D eigenvalue weighted by atomic mass is 16.3. The number of azide groups is 1. The predicted molar refractivity (Wildman–Crippen MR) is 34.9 cm³/mol. The molecule has 0 aliphatic carbocycles. The van der Waals surface area contributed by atoms with E-state index in [1.165, 1.54) is 0 Å². The molecule has 0 saturated heterocycles. The van der Waals surface area contributed by atoms with Gasteiger partial charge in [0, 0.05) is 4.91 Å². The summed E-state index contributed by atoms with van der Waals surface area (Å²) in [6.45, 7) is 3.92. The second-order valence-corrected chi connectivity index (χ2v) is 2.22. The van der Waals surface area contributed by atoms with E-state index < -0.39 is 6.10 Å². The first-order chi connectivity index (χ1) is 4.18. The molecule has 0 aliphatic rings. The lowest BCUT2D eigenvalue weighted by atomic mass is 10.1. The molecule has 0 amide bonds. The predicted octanol–water partition coefficient (Wildman–Crippen LogP) is 1.31. The van der Waals surface area contributed by atoms with Crippen molar-refractivity contribution in [1.82, 2.24) is 0 Å². The summed E-state index contributed by atoms with van der Waals surface area (Å²) in [5.74, 6) is 0.162. The van der Waals surface area contributed by atoms with Crippen molar-refractivity contribution in [2.75, 3.05) is 6.54 Å². The van der Waals surface area contributed by atoms with Gasteiger partial charge in [-0.25, -0.2) is 0 Å². The largest absolute Gasteiger partial charge is 0.393 e. The number of hydrogen-bond donors (Lipinski definition) is 1. The minimum Gasteiger partial charge on any atom is -0.393 e. The summed E-state index contributed by atoms with van der Waals surface area (Å²) < 4.78 is 0. The van der Waals surface area contributed by atoms with Crippen molar-refractivity contribution in [3.63, 3.8) is 0 Å². The van der Waals surface area contributed by atoms with Gasteiger partial charge >= 0.3 is 0 Å². The van der Waals surface area contributed by atoms with Crippen LogP contribution in [0.4, 0.5) is 0 Å². The van der Waals surface area contributed by atoms with Crippen LogP contribution in [0.15, 0.2) is 5.11 Å². The number of hydrogen-bond acceptors (Lipinski definition) is 2. The van der Waals surface area contributed by atoms with Gasteiger partial charge in [-0.2, -0.15) is 0 Å². The van der Waals surface area contributed by atoms with Crippen molar-refractivity contribution in [2.24, 2.45) is 11.0 Å². The molecule has 4 heteroatoms. The van der Waals surface area contributed by atoms with Crippen LogP contribution in [0.2, 0.25) is 0 Å². The van der Waals surface area contributed by atoms with Crippen molar-refractivity contribution < 1.29 is 5.11 Å². The summed E-state index contributed by atoms with van der Waals surface area (Å²) in [4.78, 5) is 2.52. The highest BCUT2D eigenvalue weighted by molar-refractivity contribution is 4.62. The average molecular weight is 129 g/mol. The topological polar surface area (TPSA) is 69.0 Å². The fraction of sp³-hybridized carbons (Fsp3) is 1.00. The standard InChI is InChI=1S/C5H11N3O/c1-4(2)5(9)3-7-8-6/h4-5,9H,3H2,1-2H3. The molecule has 0 aromatic rings. The first-order valence-corrected chi connectivity index (χ1v) is 2.87. The normalized spacial score (nSPS) is 12.9. The Kier molecular flexibility index (Phi) is 3.84. The van der Waals surface area contributed by atoms with Gasteiger partial charge in [-0.1, -0.05) is 19.0 Å². The van der Waals surface area contributed by atoms with E-state index in [4.69, 9.17) is 10.6 Å². The summed E-state index contributed by atoms with van der Waals surface area (Å²) in [7, 11) is 0. The Hall–Kier alpha value is -0.730. The first kappa shape index (κ1) is 8.27. The Labute approximate surface area is 54.1 Å². The molecule has 0 aromatic heterocycles. The average Bonchev–Trinajstić information content (AvgIpc) is 1.82. The van der Waals surface area contributed by atoms with Crippen molar-refractivity contribution in [3.05, 3.63) is 10.4 Å². The molecule has 0 saturated carbocycles. The maximum absolute atomic E-state index is 8.99. The fourth-order valence-electron chi connectivity index (χ4n) is 0.331. The van der Waals surface area contributed by atoms with Gasteiger partial charge in [-0.3, -0.25) is 0 Å². The number of aliphatic hydroxyl groups excluding tert-OH is 1. The monoisotopic (exact) mass is 129 g/mol. The number of nitrogens with zero attached hydrogens (tertiary/aromatic N) is 3. The highest BCUT2D eigenvalue weighted by Gasteiger charge is 2.05. The van der Waals surface area contributed by atoms with E-state index in [9.17, 15) is 0 Å². The summed E-state index contributed by atoms with van der Waals surface area (Å²) in [5.41, 5.74) is 7.84. The molecule has 0 aliphatic heterocycles. The lowest BCUT2D eigenvalue weighted by Crippen LogP contribution is -2.17. The number of rotatable bonds is 3. The van der Waals surface area contributed by atoms with Crippen LogP contribution in [0, 0.1) is 5.92 Å². The van der Waals surface area contributed by atoms with Gasteiger partial charge in [0.15, 0.2) is 0 Å². The van der Waals surface area contributed by atoms with Crippen LogP contribution in [0.5, 0.6) is 0 Å². The maximum atomic E-state index is 8.99. The molecule has 52 valence electrons. The smallest absolute Gasteiger partial charge is 0.0619 e. The highest BCUT2D eigenvalue weighted by Crippen LogP contribution is 2.00. The zero-order valence-corrected chi connectivity index (χ0v) is 5.65. The van der Waals surface area contributed by atoms with E-state index >= 15 is 0 Å². The SMILES string of the molecule is CC(C)C(O)CN=[N+]=[N-]. The molecule has 1 N–H and O–H groups in total. The van der Waals surface area contributed by atoms with Crippen LogP contribution >= 0.6 is 0 Å². The molecule has 0 radical (unpaired) electrons. The van der Waals surface area contributed by atoms with Gasteiger partial charge in [-0.05, 0) is 11.4 Å². The molecular weight excluding hydrogens is 118 g/mol. The lowest BCUT2D eigenvalue weighted by molar-refractivity contribution is 0.133. The van der Waals surface area contributed by atoms with Gasteiger partial charge in [0.25, 0.3) is 0 Å². The van der Waals surface area contributed by atoms with Crippen molar-refractivity contribution in [3.8, 4) is 0 Å². The second kappa shape index (κ2) is 4.18. The van der Waals surface area contributed by atoms with E-state index in [1.807, 2.05) is 13.8 Å². The zero-order valence-electron chi connectivity index (χ0n) is 5.65. The molecule has 0 rings (SSSR count). The Balaban J connectivity index is 3.49. The molecule has 0 bridgehead atoms. The van der Waals surface area contributed by atoms with Gasteiger partial charge in [0.1, 0.15) is 0 Å². The van der Waals surface area contributed by atoms with Crippen molar-refractivity contribution >= 4 is 0 Å². The lowest BCUT2D eigenvalue weighted by Gasteiger charge is -2.09. The van der Waals surface area contributed by atoms with Crippen LogP contribution < -0.4 is 0 Å². The molecule has 0 aromatic carbocycles. The van der Waals surface area contributed by atoms with Gasteiger partial charge in [0.05, 0.1) is 12.6 Å². The van der Waals surface area contributed by atoms with Crippen LogP contribution in [0.25, 0.3) is 10.4 Å². The van der Waals surface area contributed by atoms with Crippen LogP contribution in [-0.2, 0) is 0 Å². The van der Waals surface area contributed by atoms with E-state index in [2.05, 4.69) is 10.0 Å². The van der Waals surface area contributed by atoms with E-state index in [0.717, 1.165) is 0 Å². The Morgan fingerprint density at radius 3 is 2.56 bits per heavy atom. The molecule has 4 nitrogen and oxygen atoms in total. The summed E-state index contributed by atoms with van der Waals surface area (Å²) in [6.07, 6.45) is -0.499. The minimum atomic E-state index is -0.499. The second-order valence-electron chi connectivity index (χ2n) is 2.22. The van der Waals surface area contributed by atoms with E-state index in [1.54, 1.807) is 0 Å². The summed E-state index contributed by atoms with van der Waals surface area (Å²) >= 11 is 0. The molecule has 0 heterocycles. The van der Waals surface area contributed by atoms with Crippen LogP contribution in [0.3, 0.4) is 0 Å². The minimum absolute atomic E-state index is 0.162. The van der Waals surface area contributed by atoms with E-state index in [-0.39, 0.29) is 12.5 Å². The van der Waals surface area contributed by atoms with Crippen molar-refractivity contribution in [1.29, 1.82) is 0 Å². The van der Waals surface area contributed by atoms with Crippen LogP contribution in [-0.4, -0.2) is 17.8 Å². The fourth-order valence-corrected chi connectivity index (χ4v) is 0.331.